The van der Waals surface area contributed by atoms with Gasteiger partial charge in [-0.1, -0.05) is 15.9 Å². The molecule has 1 unspecified atom stereocenters. The fraction of sp³-hybridized carbons (Fsp3) is 0.273. The zero-order valence-electron chi connectivity index (χ0n) is 9.65. The summed E-state index contributed by atoms with van der Waals surface area (Å²) in [6.07, 6.45) is 1.71. The molecule has 0 saturated carbocycles. The first-order valence-electron chi connectivity index (χ1n) is 5.59. The number of aliphatic carboxylic acids is 1. The van der Waals surface area contributed by atoms with Gasteiger partial charge in [-0.3, -0.25) is 14.5 Å². The van der Waals surface area contributed by atoms with E-state index < -0.39 is 11.9 Å². The highest BCUT2D eigenvalue weighted by molar-refractivity contribution is 9.10. The van der Waals surface area contributed by atoms with Crippen molar-refractivity contribution >= 4 is 39.4 Å². The van der Waals surface area contributed by atoms with E-state index in [-0.39, 0.29) is 24.8 Å². The summed E-state index contributed by atoms with van der Waals surface area (Å²) in [6.45, 7) is 0.117. The van der Waals surface area contributed by atoms with Gasteiger partial charge in [0.15, 0.2) is 5.65 Å². The fourth-order valence-corrected chi connectivity index (χ4v) is 2.35. The summed E-state index contributed by atoms with van der Waals surface area (Å²) in [6, 6.07) is 3.57. The highest BCUT2D eigenvalue weighted by atomic mass is 79.9. The largest absolute Gasteiger partial charge is 0.481 e. The van der Waals surface area contributed by atoms with Gasteiger partial charge in [-0.05, 0) is 12.1 Å². The van der Waals surface area contributed by atoms with Gasteiger partial charge in [0.05, 0.1) is 5.92 Å². The average molecular weight is 325 g/mol. The Kier molecular flexibility index (Phi) is 2.74. The number of aromatic nitrogens is 3. The molecule has 1 atom stereocenters. The van der Waals surface area contributed by atoms with Crippen molar-refractivity contribution in [3.8, 4) is 0 Å². The maximum absolute atomic E-state index is 11.8. The molecule has 3 heterocycles. The molecule has 1 fully saturated rings. The van der Waals surface area contributed by atoms with E-state index in [1.807, 2.05) is 0 Å². The quantitative estimate of drug-likeness (QED) is 0.887. The molecule has 1 N–H and O–H groups in total. The van der Waals surface area contributed by atoms with E-state index in [9.17, 15) is 9.59 Å². The second-order valence-electron chi connectivity index (χ2n) is 4.30. The molecule has 0 spiro atoms. The first-order valence-corrected chi connectivity index (χ1v) is 6.39. The van der Waals surface area contributed by atoms with Crippen molar-refractivity contribution in [2.75, 3.05) is 11.4 Å². The smallest absolute Gasteiger partial charge is 0.308 e. The summed E-state index contributed by atoms with van der Waals surface area (Å²) >= 11 is 3.33. The van der Waals surface area contributed by atoms with Crippen LogP contribution in [0, 0.1) is 5.92 Å². The van der Waals surface area contributed by atoms with Gasteiger partial charge >= 0.3 is 5.97 Å². The number of amides is 1. The second-order valence-corrected chi connectivity index (χ2v) is 5.22. The first-order chi connectivity index (χ1) is 9.04. The summed E-state index contributed by atoms with van der Waals surface area (Å²) < 4.78 is 2.40. The van der Waals surface area contributed by atoms with Crippen LogP contribution in [0.2, 0.25) is 0 Å². The minimum absolute atomic E-state index is 0.00538. The third-order valence-corrected chi connectivity index (χ3v) is 3.50. The van der Waals surface area contributed by atoms with Gasteiger partial charge in [-0.2, -0.15) is 4.98 Å². The van der Waals surface area contributed by atoms with Gasteiger partial charge in [-0.25, -0.2) is 4.52 Å². The van der Waals surface area contributed by atoms with E-state index in [0.717, 1.165) is 4.47 Å². The third-order valence-electron chi connectivity index (χ3n) is 3.00. The van der Waals surface area contributed by atoms with Gasteiger partial charge < -0.3 is 5.11 Å². The zero-order valence-corrected chi connectivity index (χ0v) is 11.2. The number of nitrogens with zero attached hydrogens (tertiary/aromatic N) is 4. The van der Waals surface area contributed by atoms with Crippen LogP contribution in [0.5, 0.6) is 0 Å². The van der Waals surface area contributed by atoms with Crippen molar-refractivity contribution in [3.63, 3.8) is 0 Å². The van der Waals surface area contributed by atoms with Crippen molar-refractivity contribution in [2.24, 2.45) is 5.92 Å². The maximum atomic E-state index is 11.8. The van der Waals surface area contributed by atoms with Crippen molar-refractivity contribution in [1.82, 2.24) is 14.6 Å². The molecular formula is C11H9BrN4O3. The number of carboxylic acids is 1. The molecule has 7 nitrogen and oxygen atoms in total. The number of carboxylic acid groups (broad SMARTS) is 1. The first kappa shape index (κ1) is 12.1. The van der Waals surface area contributed by atoms with Gasteiger partial charge in [0, 0.05) is 23.6 Å². The lowest BCUT2D eigenvalue weighted by atomic mass is 10.1. The molecular weight excluding hydrogens is 316 g/mol. The van der Waals surface area contributed by atoms with Crippen molar-refractivity contribution in [1.29, 1.82) is 0 Å². The number of fused-ring (bicyclic) bond motifs is 1. The Morgan fingerprint density at radius 2 is 2.32 bits per heavy atom. The Hall–Kier alpha value is -1.96. The van der Waals surface area contributed by atoms with Crippen molar-refractivity contribution < 1.29 is 14.7 Å². The van der Waals surface area contributed by atoms with E-state index in [1.165, 1.54) is 4.90 Å². The number of carbonyl (C=O) groups is 2. The number of rotatable bonds is 2. The fourth-order valence-electron chi connectivity index (χ4n) is 2.03. The number of anilines is 1. The monoisotopic (exact) mass is 324 g/mol. The molecule has 2 aromatic heterocycles. The molecule has 98 valence electrons. The lowest BCUT2D eigenvalue weighted by molar-refractivity contribution is -0.141. The van der Waals surface area contributed by atoms with Crippen molar-refractivity contribution in [3.05, 3.63) is 22.8 Å². The topological polar surface area (TPSA) is 87.8 Å². The molecule has 0 aromatic carbocycles. The molecule has 0 radical (unpaired) electrons. The second kappa shape index (κ2) is 4.30. The van der Waals surface area contributed by atoms with Gasteiger partial charge in [-0.15, -0.1) is 5.10 Å². The standard InChI is InChI=1S/C11H9BrN4O3/c12-7-1-2-16-8(4-7)13-11(14-16)15-5-6(10(18)19)3-9(15)17/h1-2,4,6H,3,5H2,(H,18,19). The van der Waals surface area contributed by atoms with Crippen LogP contribution < -0.4 is 4.90 Å². The Morgan fingerprint density at radius 1 is 1.53 bits per heavy atom. The Morgan fingerprint density at radius 3 is 3.00 bits per heavy atom. The van der Waals surface area contributed by atoms with Crippen LogP contribution in [0.1, 0.15) is 6.42 Å². The lowest BCUT2D eigenvalue weighted by Gasteiger charge is -2.09. The number of halogens is 1. The zero-order chi connectivity index (χ0) is 13.6. The van der Waals surface area contributed by atoms with E-state index >= 15 is 0 Å². The van der Waals surface area contributed by atoms with Crippen LogP contribution >= 0.6 is 15.9 Å². The predicted molar refractivity (Wildman–Crippen MR) is 68.8 cm³/mol. The number of hydrogen-bond acceptors (Lipinski definition) is 4. The van der Waals surface area contributed by atoms with Crippen LogP contribution in [0.3, 0.4) is 0 Å². The summed E-state index contributed by atoms with van der Waals surface area (Å²) in [5.74, 6) is -1.68. The molecule has 1 saturated heterocycles. The molecule has 8 heteroatoms. The molecule has 0 aliphatic carbocycles. The SMILES string of the molecule is O=C(O)C1CC(=O)N(c2nc3cc(Br)ccn3n2)C1. The van der Waals surface area contributed by atoms with Gasteiger partial charge in [0.25, 0.3) is 5.95 Å². The summed E-state index contributed by atoms with van der Waals surface area (Å²) in [4.78, 5) is 28.3. The van der Waals surface area contributed by atoms with E-state index in [2.05, 4.69) is 26.0 Å². The molecule has 2 aromatic rings. The van der Waals surface area contributed by atoms with Gasteiger partial charge in [0.2, 0.25) is 5.91 Å². The summed E-state index contributed by atoms with van der Waals surface area (Å²) in [5.41, 5.74) is 0.593. The normalized spacial score (nSPS) is 19.3. The highest BCUT2D eigenvalue weighted by Crippen LogP contribution is 2.23. The lowest BCUT2D eigenvalue weighted by Crippen LogP contribution is -2.26. The molecule has 19 heavy (non-hydrogen) atoms. The Bertz CT molecular complexity index is 684. The van der Waals surface area contributed by atoms with Crippen LogP contribution in [0.15, 0.2) is 22.8 Å². The number of pyridine rings is 1. The third kappa shape index (κ3) is 2.07. The molecule has 1 aliphatic rings. The number of hydrogen-bond donors (Lipinski definition) is 1. The van der Waals surface area contributed by atoms with E-state index in [1.54, 1.807) is 22.8 Å². The molecule has 3 rings (SSSR count). The van der Waals surface area contributed by atoms with Crippen LogP contribution in [0.25, 0.3) is 5.65 Å². The summed E-state index contributed by atoms with van der Waals surface area (Å²) in [5, 5.41) is 13.1. The average Bonchev–Trinajstić information content (AvgIpc) is 2.91. The molecule has 0 bridgehead atoms. The van der Waals surface area contributed by atoms with E-state index in [4.69, 9.17) is 5.11 Å². The summed E-state index contributed by atoms with van der Waals surface area (Å²) in [7, 11) is 0. The molecule has 1 amide bonds. The number of carbonyl (C=O) groups excluding carboxylic acids is 1. The van der Waals surface area contributed by atoms with Crippen LogP contribution in [0.4, 0.5) is 5.95 Å². The van der Waals surface area contributed by atoms with Crippen LogP contribution in [-0.4, -0.2) is 38.1 Å². The molecule has 1 aliphatic heterocycles. The highest BCUT2D eigenvalue weighted by Gasteiger charge is 2.36. The Labute approximate surface area is 116 Å². The van der Waals surface area contributed by atoms with E-state index in [0.29, 0.717) is 5.65 Å². The predicted octanol–water partition coefficient (Wildman–Crippen LogP) is 0.929. The maximum Gasteiger partial charge on any atom is 0.308 e. The minimum Gasteiger partial charge on any atom is -0.481 e. The Balaban J connectivity index is 1.96. The van der Waals surface area contributed by atoms with Crippen molar-refractivity contribution in [2.45, 2.75) is 6.42 Å². The van der Waals surface area contributed by atoms with Crippen LogP contribution in [-0.2, 0) is 9.59 Å². The van der Waals surface area contributed by atoms with Gasteiger partial charge in [0.1, 0.15) is 0 Å². The minimum atomic E-state index is -0.970.